The second-order valence-corrected chi connectivity index (χ2v) is 4.44. The highest BCUT2D eigenvalue weighted by molar-refractivity contribution is 5.80. The Labute approximate surface area is 109 Å². The van der Waals surface area contributed by atoms with Crippen LogP contribution in [-0.2, 0) is 20.6 Å². The Morgan fingerprint density at radius 3 is 2.89 bits per heavy atom. The van der Waals surface area contributed by atoms with Gasteiger partial charge in [-0.05, 0) is 17.7 Å². The lowest BCUT2D eigenvalue weighted by atomic mass is 10.1. The number of oxazole rings is 1. The summed E-state index contributed by atoms with van der Waals surface area (Å²) in [5, 5.41) is 4.21. The normalized spacial score (nSPS) is 11.3. The van der Waals surface area contributed by atoms with Crippen molar-refractivity contribution >= 4 is 11.1 Å². The van der Waals surface area contributed by atoms with Gasteiger partial charge in [-0.2, -0.15) is 5.10 Å². The molecule has 2 aromatic heterocycles. The van der Waals surface area contributed by atoms with Crippen LogP contribution in [0, 0.1) is 0 Å². The van der Waals surface area contributed by atoms with Crippen molar-refractivity contribution in [2.75, 3.05) is 0 Å². The Kier molecular flexibility index (Phi) is 2.53. The minimum atomic E-state index is -0.364. The summed E-state index contributed by atoms with van der Waals surface area (Å²) in [4.78, 5) is 11.5. The third kappa shape index (κ3) is 1.68. The molecule has 0 atom stereocenters. The molecule has 0 unspecified atom stereocenters. The minimum Gasteiger partial charge on any atom is -0.408 e. The average Bonchev–Trinajstić information content (AvgIpc) is 2.90. The van der Waals surface area contributed by atoms with Crippen LogP contribution in [0.4, 0.5) is 0 Å². The fourth-order valence-electron chi connectivity index (χ4n) is 2.25. The zero-order chi connectivity index (χ0) is 13.6. The van der Waals surface area contributed by atoms with Crippen molar-refractivity contribution in [3.05, 3.63) is 40.6 Å². The van der Waals surface area contributed by atoms with E-state index < -0.39 is 0 Å². The van der Waals surface area contributed by atoms with Gasteiger partial charge in [-0.1, -0.05) is 6.07 Å². The van der Waals surface area contributed by atoms with Crippen LogP contribution in [0.1, 0.15) is 5.69 Å². The Morgan fingerprint density at radius 1 is 1.37 bits per heavy atom. The summed E-state index contributed by atoms with van der Waals surface area (Å²) in [5.41, 5.74) is 9.91. The van der Waals surface area contributed by atoms with Crippen molar-refractivity contribution in [1.82, 2.24) is 14.3 Å². The molecule has 0 fully saturated rings. The lowest BCUT2D eigenvalue weighted by Crippen LogP contribution is -2.08. The monoisotopic (exact) mass is 258 g/mol. The molecule has 6 nitrogen and oxygen atoms in total. The van der Waals surface area contributed by atoms with Crippen LogP contribution in [-0.4, -0.2) is 14.3 Å². The number of aromatic nitrogens is 3. The molecule has 98 valence electrons. The molecular formula is C13H14N4O2. The van der Waals surface area contributed by atoms with Gasteiger partial charge in [-0.15, -0.1) is 0 Å². The van der Waals surface area contributed by atoms with Gasteiger partial charge < -0.3 is 10.2 Å². The molecule has 0 radical (unpaired) electrons. The van der Waals surface area contributed by atoms with Crippen LogP contribution in [0.3, 0.4) is 0 Å². The predicted molar refractivity (Wildman–Crippen MR) is 71.5 cm³/mol. The summed E-state index contributed by atoms with van der Waals surface area (Å²) in [7, 11) is 3.54. The Balaban J connectivity index is 2.23. The van der Waals surface area contributed by atoms with Crippen LogP contribution in [0.5, 0.6) is 0 Å². The number of hydrogen-bond acceptors (Lipinski definition) is 4. The molecule has 6 heteroatoms. The van der Waals surface area contributed by atoms with E-state index in [1.54, 1.807) is 17.9 Å². The van der Waals surface area contributed by atoms with E-state index in [1.165, 1.54) is 4.57 Å². The summed E-state index contributed by atoms with van der Waals surface area (Å²) in [5.74, 6) is -0.364. The van der Waals surface area contributed by atoms with Gasteiger partial charge in [0.05, 0.1) is 17.4 Å². The maximum atomic E-state index is 11.5. The van der Waals surface area contributed by atoms with Gasteiger partial charge in [0.1, 0.15) is 0 Å². The second-order valence-electron chi connectivity index (χ2n) is 4.44. The molecule has 19 heavy (non-hydrogen) atoms. The van der Waals surface area contributed by atoms with E-state index in [2.05, 4.69) is 5.10 Å². The number of hydrogen-bond donors (Lipinski definition) is 1. The Bertz CT molecular complexity index is 810. The summed E-state index contributed by atoms with van der Waals surface area (Å²) in [6.45, 7) is 0.405. The van der Waals surface area contributed by atoms with E-state index in [0.717, 1.165) is 22.3 Å². The SMILES string of the molecule is Cn1ncc(-c2ccc3c(c2)oc(=O)n3C)c1CN. The van der Waals surface area contributed by atoms with Gasteiger partial charge in [0.25, 0.3) is 0 Å². The van der Waals surface area contributed by atoms with E-state index in [4.69, 9.17) is 10.2 Å². The minimum absolute atomic E-state index is 0.364. The molecule has 0 aliphatic heterocycles. The Morgan fingerprint density at radius 2 is 2.16 bits per heavy atom. The zero-order valence-electron chi connectivity index (χ0n) is 10.8. The summed E-state index contributed by atoms with van der Waals surface area (Å²) in [6, 6.07) is 5.64. The third-order valence-electron chi connectivity index (χ3n) is 3.36. The van der Waals surface area contributed by atoms with Crippen molar-refractivity contribution in [1.29, 1.82) is 0 Å². The quantitative estimate of drug-likeness (QED) is 0.743. The first-order valence-corrected chi connectivity index (χ1v) is 5.92. The van der Waals surface area contributed by atoms with Crippen LogP contribution >= 0.6 is 0 Å². The van der Waals surface area contributed by atoms with Gasteiger partial charge in [-0.25, -0.2) is 4.79 Å². The van der Waals surface area contributed by atoms with Crippen molar-refractivity contribution in [3.8, 4) is 11.1 Å². The first-order chi connectivity index (χ1) is 9.11. The summed E-state index contributed by atoms with van der Waals surface area (Å²) in [6.07, 6.45) is 1.77. The summed E-state index contributed by atoms with van der Waals surface area (Å²) >= 11 is 0. The average molecular weight is 258 g/mol. The number of nitrogens with zero attached hydrogens (tertiary/aromatic N) is 3. The van der Waals surface area contributed by atoms with Crippen LogP contribution in [0.25, 0.3) is 22.2 Å². The molecule has 0 saturated heterocycles. The number of rotatable bonds is 2. The fraction of sp³-hybridized carbons (Fsp3) is 0.231. The van der Waals surface area contributed by atoms with E-state index in [1.807, 2.05) is 25.2 Å². The van der Waals surface area contributed by atoms with E-state index in [9.17, 15) is 4.79 Å². The van der Waals surface area contributed by atoms with Gasteiger partial charge >= 0.3 is 5.76 Å². The molecule has 3 aromatic rings. The molecule has 0 aliphatic rings. The van der Waals surface area contributed by atoms with E-state index in [0.29, 0.717) is 12.1 Å². The highest BCUT2D eigenvalue weighted by Crippen LogP contribution is 2.26. The van der Waals surface area contributed by atoms with Crippen LogP contribution in [0.15, 0.2) is 33.6 Å². The molecule has 2 heterocycles. The van der Waals surface area contributed by atoms with Gasteiger partial charge in [0.15, 0.2) is 5.58 Å². The van der Waals surface area contributed by atoms with Gasteiger partial charge in [-0.3, -0.25) is 9.25 Å². The predicted octanol–water partition coefficient (Wildman–Crippen LogP) is 0.991. The van der Waals surface area contributed by atoms with E-state index >= 15 is 0 Å². The lowest BCUT2D eigenvalue weighted by molar-refractivity contribution is 0.528. The molecule has 3 rings (SSSR count). The molecule has 2 N–H and O–H groups in total. The standard InChI is InChI=1S/C13H14N4O2/c1-16-10-4-3-8(5-12(10)19-13(16)18)9-7-15-17(2)11(9)6-14/h3-5,7H,6,14H2,1-2H3. The van der Waals surface area contributed by atoms with Crippen molar-refractivity contribution < 1.29 is 4.42 Å². The van der Waals surface area contributed by atoms with Crippen molar-refractivity contribution in [2.24, 2.45) is 19.8 Å². The largest absolute Gasteiger partial charge is 0.419 e. The molecule has 0 aliphatic carbocycles. The van der Waals surface area contributed by atoms with E-state index in [-0.39, 0.29) is 5.76 Å². The third-order valence-corrected chi connectivity index (χ3v) is 3.36. The van der Waals surface area contributed by atoms with Crippen LogP contribution < -0.4 is 11.5 Å². The summed E-state index contributed by atoms with van der Waals surface area (Å²) < 4.78 is 8.42. The van der Waals surface area contributed by atoms with Gasteiger partial charge in [0.2, 0.25) is 0 Å². The maximum absolute atomic E-state index is 11.5. The number of nitrogens with two attached hydrogens (primary N) is 1. The highest BCUT2D eigenvalue weighted by Gasteiger charge is 2.12. The topological polar surface area (TPSA) is 79.0 Å². The molecule has 0 bridgehead atoms. The first-order valence-electron chi connectivity index (χ1n) is 5.92. The number of aryl methyl sites for hydroxylation is 2. The Hall–Kier alpha value is -2.34. The van der Waals surface area contributed by atoms with Crippen LogP contribution in [0.2, 0.25) is 0 Å². The molecule has 1 aromatic carbocycles. The fourth-order valence-corrected chi connectivity index (χ4v) is 2.25. The zero-order valence-corrected chi connectivity index (χ0v) is 10.8. The lowest BCUT2D eigenvalue weighted by Gasteiger charge is -2.03. The molecule has 0 saturated carbocycles. The van der Waals surface area contributed by atoms with Gasteiger partial charge in [0, 0.05) is 26.2 Å². The van der Waals surface area contributed by atoms with Crippen molar-refractivity contribution in [2.45, 2.75) is 6.54 Å². The molecule has 0 spiro atoms. The highest BCUT2D eigenvalue weighted by atomic mass is 16.4. The smallest absolute Gasteiger partial charge is 0.408 e. The molecule has 0 amide bonds. The maximum Gasteiger partial charge on any atom is 0.419 e. The molecular weight excluding hydrogens is 244 g/mol. The second kappa shape index (κ2) is 4.10. The first kappa shape index (κ1) is 11.7. The number of fused-ring (bicyclic) bond motifs is 1. The van der Waals surface area contributed by atoms with Crippen molar-refractivity contribution in [3.63, 3.8) is 0 Å². The number of benzene rings is 1.